The van der Waals surface area contributed by atoms with Crippen molar-refractivity contribution in [2.45, 2.75) is 97.3 Å². The van der Waals surface area contributed by atoms with Crippen molar-refractivity contribution in [1.82, 2.24) is 0 Å². The zero-order chi connectivity index (χ0) is 14.3. The Morgan fingerprint density at radius 1 is 0.789 bits per heavy atom. The van der Waals surface area contributed by atoms with E-state index in [4.69, 9.17) is 5.73 Å². The first-order chi connectivity index (χ1) is 9.18. The Bertz CT molecular complexity index is 203. The van der Waals surface area contributed by atoms with Gasteiger partial charge in [-0.1, -0.05) is 90.9 Å². The summed E-state index contributed by atoms with van der Waals surface area (Å²) in [7, 11) is 0. The molecule has 0 saturated carbocycles. The molecule has 0 aromatic carbocycles. The summed E-state index contributed by atoms with van der Waals surface area (Å²) >= 11 is 0. The highest BCUT2D eigenvalue weighted by Gasteiger charge is 2.06. The van der Waals surface area contributed by atoms with Crippen LogP contribution in [0.5, 0.6) is 0 Å². The smallest absolute Gasteiger partial charge is 0.220 e. The number of carbonyl (C=O) groups excluding carboxylic acids is 1. The van der Waals surface area contributed by atoms with Crippen molar-refractivity contribution >= 4 is 5.91 Å². The first-order valence-corrected chi connectivity index (χ1v) is 8.47. The van der Waals surface area contributed by atoms with E-state index < -0.39 is 0 Å². The van der Waals surface area contributed by atoms with Gasteiger partial charge in [0.05, 0.1) is 0 Å². The zero-order valence-corrected chi connectivity index (χ0v) is 13.3. The lowest BCUT2D eigenvalue weighted by molar-refractivity contribution is -0.121. The number of rotatable bonds is 14. The molecule has 0 spiro atoms. The van der Waals surface area contributed by atoms with Crippen molar-refractivity contribution in [2.75, 3.05) is 0 Å². The summed E-state index contributed by atoms with van der Waals surface area (Å²) in [5.74, 6) is -0.0915. The minimum atomic E-state index is -0.150. The Kier molecular flexibility index (Phi) is 13.5. The maximum Gasteiger partial charge on any atom is 0.220 e. The highest BCUT2D eigenvalue weighted by molar-refractivity contribution is 5.76. The van der Waals surface area contributed by atoms with Crippen molar-refractivity contribution in [3.63, 3.8) is 0 Å². The van der Waals surface area contributed by atoms with E-state index in [1.165, 1.54) is 70.6 Å². The molecular formula is C17H35NO. The summed E-state index contributed by atoms with van der Waals surface area (Å²) in [6.45, 7) is 4.20. The van der Waals surface area contributed by atoms with E-state index in [0.717, 1.165) is 12.8 Å². The molecule has 0 aromatic heterocycles. The third-order valence-corrected chi connectivity index (χ3v) is 3.98. The van der Waals surface area contributed by atoms with E-state index >= 15 is 0 Å². The van der Waals surface area contributed by atoms with Gasteiger partial charge in [-0.05, 0) is 6.42 Å². The van der Waals surface area contributed by atoms with Gasteiger partial charge in [-0.15, -0.1) is 0 Å². The molecule has 0 saturated heterocycles. The molecule has 0 aliphatic heterocycles. The second kappa shape index (κ2) is 13.9. The average Bonchev–Trinajstić information content (AvgIpc) is 2.39. The van der Waals surface area contributed by atoms with Gasteiger partial charge >= 0.3 is 0 Å². The molecule has 1 atom stereocenters. The van der Waals surface area contributed by atoms with E-state index in [0.29, 0.717) is 0 Å². The average molecular weight is 269 g/mol. The van der Waals surface area contributed by atoms with Crippen LogP contribution in [0.25, 0.3) is 0 Å². The summed E-state index contributed by atoms with van der Waals surface area (Å²) in [6, 6.07) is 0. The van der Waals surface area contributed by atoms with E-state index in [1.807, 2.05) is 6.92 Å². The Morgan fingerprint density at radius 3 is 1.53 bits per heavy atom. The van der Waals surface area contributed by atoms with E-state index in [-0.39, 0.29) is 11.8 Å². The summed E-state index contributed by atoms with van der Waals surface area (Å²) in [4.78, 5) is 10.9. The minimum absolute atomic E-state index is 0.0584. The maximum atomic E-state index is 10.9. The van der Waals surface area contributed by atoms with Crippen LogP contribution in [0.4, 0.5) is 0 Å². The van der Waals surface area contributed by atoms with Crippen molar-refractivity contribution in [2.24, 2.45) is 11.7 Å². The van der Waals surface area contributed by atoms with Crippen molar-refractivity contribution in [3.05, 3.63) is 0 Å². The highest BCUT2D eigenvalue weighted by Crippen LogP contribution is 2.14. The van der Waals surface area contributed by atoms with Gasteiger partial charge in [-0.2, -0.15) is 0 Å². The molecular weight excluding hydrogens is 234 g/mol. The molecule has 2 nitrogen and oxygen atoms in total. The fourth-order valence-corrected chi connectivity index (χ4v) is 2.43. The molecule has 19 heavy (non-hydrogen) atoms. The van der Waals surface area contributed by atoms with Crippen LogP contribution < -0.4 is 5.73 Å². The van der Waals surface area contributed by atoms with Crippen molar-refractivity contribution in [3.8, 4) is 0 Å². The molecule has 0 heterocycles. The first kappa shape index (κ1) is 18.5. The van der Waals surface area contributed by atoms with Crippen LogP contribution in [0.15, 0.2) is 0 Å². The highest BCUT2D eigenvalue weighted by atomic mass is 16.1. The fourth-order valence-electron chi connectivity index (χ4n) is 2.43. The summed E-state index contributed by atoms with van der Waals surface area (Å²) in [5.41, 5.74) is 5.24. The van der Waals surface area contributed by atoms with Gasteiger partial charge in [0.1, 0.15) is 0 Å². The lowest BCUT2D eigenvalue weighted by Crippen LogP contribution is -2.20. The van der Waals surface area contributed by atoms with Crippen LogP contribution in [-0.4, -0.2) is 5.91 Å². The monoisotopic (exact) mass is 269 g/mol. The van der Waals surface area contributed by atoms with Gasteiger partial charge in [0.15, 0.2) is 0 Å². The summed E-state index contributed by atoms with van der Waals surface area (Å²) in [5, 5.41) is 0. The van der Waals surface area contributed by atoms with Crippen molar-refractivity contribution < 1.29 is 4.79 Å². The molecule has 1 unspecified atom stereocenters. The molecule has 0 bridgehead atoms. The Morgan fingerprint density at radius 2 is 1.16 bits per heavy atom. The van der Waals surface area contributed by atoms with Crippen LogP contribution >= 0.6 is 0 Å². The molecule has 0 aliphatic rings. The molecule has 0 radical (unpaired) electrons. The molecule has 2 N–H and O–H groups in total. The van der Waals surface area contributed by atoms with Crippen LogP contribution in [0, 0.1) is 5.92 Å². The topological polar surface area (TPSA) is 43.1 Å². The lowest BCUT2D eigenvalue weighted by Gasteiger charge is -2.06. The standard InChI is InChI=1S/C17H35NO/c1-3-4-5-6-7-8-9-10-11-12-13-14-15-16(2)17(18)19/h16H,3-15H2,1-2H3,(H2,18,19). The second-order valence-corrected chi connectivity index (χ2v) is 5.98. The van der Waals surface area contributed by atoms with Gasteiger partial charge in [0.2, 0.25) is 5.91 Å². The number of primary amides is 1. The summed E-state index contributed by atoms with van der Waals surface area (Å²) in [6.07, 6.45) is 17.3. The predicted octanol–water partition coefficient (Wildman–Crippen LogP) is 5.20. The molecule has 114 valence electrons. The van der Waals surface area contributed by atoms with Gasteiger partial charge in [0.25, 0.3) is 0 Å². The number of amides is 1. The molecule has 0 aliphatic carbocycles. The molecule has 0 fully saturated rings. The quantitative estimate of drug-likeness (QED) is 0.433. The Balaban J connectivity index is 3.05. The Labute approximate surface area is 120 Å². The van der Waals surface area contributed by atoms with Crippen LogP contribution in [0.3, 0.4) is 0 Å². The third-order valence-electron chi connectivity index (χ3n) is 3.98. The number of carbonyl (C=O) groups is 1. The number of hydrogen-bond acceptors (Lipinski definition) is 1. The predicted molar refractivity (Wildman–Crippen MR) is 84.1 cm³/mol. The number of nitrogens with two attached hydrogens (primary N) is 1. The van der Waals surface area contributed by atoms with Gasteiger partial charge < -0.3 is 5.73 Å². The maximum absolute atomic E-state index is 10.9. The molecule has 0 aromatic rings. The van der Waals surface area contributed by atoms with Crippen LogP contribution in [-0.2, 0) is 4.79 Å². The fraction of sp³-hybridized carbons (Fsp3) is 0.941. The van der Waals surface area contributed by atoms with Crippen LogP contribution in [0.1, 0.15) is 97.3 Å². The van der Waals surface area contributed by atoms with Gasteiger partial charge in [-0.25, -0.2) is 0 Å². The van der Waals surface area contributed by atoms with Crippen LogP contribution in [0.2, 0.25) is 0 Å². The van der Waals surface area contributed by atoms with Gasteiger partial charge in [0, 0.05) is 5.92 Å². The Hall–Kier alpha value is -0.530. The minimum Gasteiger partial charge on any atom is -0.369 e. The lowest BCUT2D eigenvalue weighted by atomic mass is 10.0. The normalized spacial score (nSPS) is 12.5. The van der Waals surface area contributed by atoms with Crippen molar-refractivity contribution in [1.29, 1.82) is 0 Å². The third kappa shape index (κ3) is 13.7. The van der Waals surface area contributed by atoms with E-state index in [2.05, 4.69) is 6.92 Å². The van der Waals surface area contributed by atoms with E-state index in [9.17, 15) is 4.79 Å². The van der Waals surface area contributed by atoms with Gasteiger partial charge in [-0.3, -0.25) is 4.79 Å². The largest absolute Gasteiger partial charge is 0.369 e. The second-order valence-electron chi connectivity index (χ2n) is 5.98. The molecule has 0 rings (SSSR count). The summed E-state index contributed by atoms with van der Waals surface area (Å²) < 4.78 is 0. The van der Waals surface area contributed by atoms with E-state index in [1.54, 1.807) is 0 Å². The number of hydrogen-bond donors (Lipinski definition) is 1. The number of unbranched alkanes of at least 4 members (excludes halogenated alkanes) is 11. The molecule has 2 heteroatoms. The first-order valence-electron chi connectivity index (χ1n) is 8.47. The SMILES string of the molecule is CCCCCCCCCCCCCCC(C)C(N)=O. The molecule has 1 amide bonds. The zero-order valence-electron chi connectivity index (χ0n) is 13.3.